The normalized spacial score (nSPS) is 48.4. The molecule has 3 atom stereocenters. The van der Waals surface area contributed by atoms with Crippen LogP contribution in [0.4, 0.5) is 0 Å². The predicted octanol–water partition coefficient (Wildman–Crippen LogP) is 0.618. The molecular weight excluding hydrogens is 188 g/mol. The van der Waals surface area contributed by atoms with Gasteiger partial charge in [-0.1, -0.05) is 6.42 Å². The first-order valence-corrected chi connectivity index (χ1v) is 6.36. The summed E-state index contributed by atoms with van der Waals surface area (Å²) in [6.45, 7) is 1.85. The first-order valence-electron chi connectivity index (χ1n) is 6.36. The Morgan fingerprint density at radius 2 is 1.93 bits per heavy atom. The molecule has 0 aromatic rings. The van der Waals surface area contributed by atoms with Crippen LogP contribution in [0.1, 0.15) is 38.5 Å². The van der Waals surface area contributed by atoms with Crippen molar-refractivity contribution in [2.45, 2.75) is 49.7 Å². The van der Waals surface area contributed by atoms with E-state index in [-0.39, 0.29) is 5.54 Å². The van der Waals surface area contributed by atoms with E-state index in [1.165, 1.54) is 19.3 Å². The predicted molar refractivity (Wildman–Crippen MR) is 59.4 cm³/mol. The molecule has 0 aromatic heterocycles. The van der Waals surface area contributed by atoms with Gasteiger partial charge >= 0.3 is 0 Å². The van der Waals surface area contributed by atoms with Crippen LogP contribution in [0.15, 0.2) is 0 Å². The highest BCUT2D eigenvalue weighted by Crippen LogP contribution is 2.55. The minimum atomic E-state index is -0.585. The molecule has 3 rings (SSSR count). The first-order chi connectivity index (χ1) is 7.14. The lowest BCUT2D eigenvalue weighted by Crippen LogP contribution is -2.66. The van der Waals surface area contributed by atoms with E-state index in [0.717, 1.165) is 38.3 Å². The molecule has 3 aliphatic rings. The molecule has 2 bridgehead atoms. The van der Waals surface area contributed by atoms with Crippen LogP contribution in [0, 0.1) is 11.8 Å². The van der Waals surface area contributed by atoms with Crippen LogP contribution in [0.3, 0.4) is 0 Å². The fourth-order valence-corrected chi connectivity index (χ4v) is 4.25. The summed E-state index contributed by atoms with van der Waals surface area (Å²) < 4.78 is 0. The molecular formula is C12H22N2O. The summed E-state index contributed by atoms with van der Waals surface area (Å²) in [7, 11) is 0. The SMILES string of the molecule is NC1(C2(O)CCNCC2)CC2CCC1C2. The second-order valence-electron chi connectivity index (χ2n) is 5.90. The Morgan fingerprint density at radius 1 is 1.20 bits per heavy atom. The quantitative estimate of drug-likeness (QED) is 0.594. The van der Waals surface area contributed by atoms with Crippen LogP contribution in [0.25, 0.3) is 0 Å². The smallest absolute Gasteiger partial charge is 0.0853 e. The zero-order valence-electron chi connectivity index (χ0n) is 9.34. The van der Waals surface area contributed by atoms with Crippen LogP contribution in [0.2, 0.25) is 0 Å². The van der Waals surface area contributed by atoms with E-state index in [2.05, 4.69) is 5.32 Å². The number of nitrogens with one attached hydrogen (secondary N) is 1. The number of fused-ring (bicyclic) bond motifs is 2. The van der Waals surface area contributed by atoms with E-state index in [0.29, 0.717) is 5.92 Å². The average Bonchev–Trinajstić information content (AvgIpc) is 2.79. The largest absolute Gasteiger partial charge is 0.388 e. The molecule has 3 heteroatoms. The van der Waals surface area contributed by atoms with Gasteiger partial charge in [-0.05, 0) is 57.0 Å². The van der Waals surface area contributed by atoms with Crippen molar-refractivity contribution in [3.8, 4) is 0 Å². The Hall–Kier alpha value is -0.120. The van der Waals surface area contributed by atoms with Crippen molar-refractivity contribution in [3.63, 3.8) is 0 Å². The molecule has 3 nitrogen and oxygen atoms in total. The minimum absolute atomic E-state index is 0.266. The third-order valence-corrected chi connectivity index (χ3v) is 5.19. The van der Waals surface area contributed by atoms with Crippen molar-refractivity contribution >= 4 is 0 Å². The van der Waals surface area contributed by atoms with E-state index in [1.54, 1.807) is 0 Å². The molecule has 1 heterocycles. The number of hydrogen-bond donors (Lipinski definition) is 3. The summed E-state index contributed by atoms with van der Waals surface area (Å²) in [5.41, 5.74) is 5.72. The lowest BCUT2D eigenvalue weighted by atomic mass is 9.66. The number of aliphatic hydroxyl groups is 1. The fraction of sp³-hybridized carbons (Fsp3) is 1.00. The highest BCUT2D eigenvalue weighted by Gasteiger charge is 2.59. The fourth-order valence-electron chi connectivity index (χ4n) is 4.25. The van der Waals surface area contributed by atoms with Gasteiger partial charge in [-0.25, -0.2) is 0 Å². The Balaban J connectivity index is 1.85. The Morgan fingerprint density at radius 3 is 2.47 bits per heavy atom. The lowest BCUT2D eigenvalue weighted by Gasteiger charge is -2.49. The Kier molecular flexibility index (Phi) is 2.14. The number of nitrogens with two attached hydrogens (primary N) is 1. The van der Waals surface area contributed by atoms with Crippen LogP contribution in [-0.2, 0) is 0 Å². The first kappa shape index (κ1) is 10.1. The summed E-state index contributed by atoms with van der Waals surface area (Å²) in [5.74, 6) is 1.39. The monoisotopic (exact) mass is 210 g/mol. The van der Waals surface area contributed by atoms with E-state index < -0.39 is 5.60 Å². The van der Waals surface area contributed by atoms with Crippen molar-refractivity contribution in [1.82, 2.24) is 5.32 Å². The standard InChI is InChI=1S/C12H22N2O/c13-12(8-9-1-2-10(12)7-9)11(15)3-5-14-6-4-11/h9-10,14-15H,1-8,13H2. The van der Waals surface area contributed by atoms with Crippen molar-refractivity contribution in [1.29, 1.82) is 0 Å². The molecule has 2 saturated carbocycles. The topological polar surface area (TPSA) is 58.3 Å². The summed E-state index contributed by atoms with van der Waals surface area (Å²) in [6.07, 6.45) is 6.61. The summed E-state index contributed by atoms with van der Waals surface area (Å²) in [6, 6.07) is 0. The third kappa shape index (κ3) is 1.30. The zero-order valence-corrected chi connectivity index (χ0v) is 9.34. The Bertz CT molecular complexity index is 262. The van der Waals surface area contributed by atoms with E-state index in [1.807, 2.05) is 0 Å². The molecule has 1 aliphatic heterocycles. The maximum atomic E-state index is 10.8. The van der Waals surface area contributed by atoms with Crippen LogP contribution < -0.4 is 11.1 Å². The van der Waals surface area contributed by atoms with Gasteiger partial charge in [0, 0.05) is 5.54 Å². The van der Waals surface area contributed by atoms with Gasteiger partial charge in [0.2, 0.25) is 0 Å². The highest BCUT2D eigenvalue weighted by atomic mass is 16.3. The van der Waals surface area contributed by atoms with E-state index >= 15 is 0 Å². The van der Waals surface area contributed by atoms with E-state index in [4.69, 9.17) is 5.73 Å². The molecule has 0 spiro atoms. The van der Waals surface area contributed by atoms with Crippen molar-refractivity contribution < 1.29 is 5.11 Å². The summed E-state index contributed by atoms with van der Waals surface area (Å²) >= 11 is 0. The second-order valence-corrected chi connectivity index (χ2v) is 5.90. The summed E-state index contributed by atoms with van der Waals surface area (Å²) in [4.78, 5) is 0. The number of rotatable bonds is 1. The van der Waals surface area contributed by atoms with Crippen LogP contribution in [-0.4, -0.2) is 29.3 Å². The lowest BCUT2D eigenvalue weighted by molar-refractivity contribution is -0.0803. The van der Waals surface area contributed by atoms with Crippen molar-refractivity contribution in [2.24, 2.45) is 17.6 Å². The Labute approximate surface area is 91.4 Å². The zero-order chi connectivity index (χ0) is 10.5. The third-order valence-electron chi connectivity index (χ3n) is 5.19. The van der Waals surface area contributed by atoms with Gasteiger partial charge in [0.05, 0.1) is 5.60 Å². The average molecular weight is 210 g/mol. The molecule has 2 aliphatic carbocycles. The summed E-state index contributed by atoms with van der Waals surface area (Å²) in [5, 5.41) is 14.1. The van der Waals surface area contributed by atoms with Gasteiger partial charge in [-0.3, -0.25) is 0 Å². The maximum Gasteiger partial charge on any atom is 0.0853 e. The van der Waals surface area contributed by atoms with E-state index in [9.17, 15) is 5.11 Å². The molecule has 4 N–H and O–H groups in total. The van der Waals surface area contributed by atoms with Crippen molar-refractivity contribution in [2.75, 3.05) is 13.1 Å². The molecule has 15 heavy (non-hydrogen) atoms. The second kappa shape index (κ2) is 3.19. The van der Waals surface area contributed by atoms with Gasteiger partial charge in [0.1, 0.15) is 0 Å². The molecule has 3 unspecified atom stereocenters. The molecule has 0 amide bonds. The molecule has 1 saturated heterocycles. The molecule has 86 valence electrons. The minimum Gasteiger partial charge on any atom is -0.388 e. The highest BCUT2D eigenvalue weighted by molar-refractivity contribution is 5.15. The molecule has 3 fully saturated rings. The number of piperidine rings is 1. The molecule has 0 radical (unpaired) electrons. The van der Waals surface area contributed by atoms with Gasteiger partial charge in [-0.2, -0.15) is 0 Å². The van der Waals surface area contributed by atoms with Gasteiger partial charge < -0.3 is 16.2 Å². The van der Waals surface area contributed by atoms with Gasteiger partial charge in [0.15, 0.2) is 0 Å². The van der Waals surface area contributed by atoms with Gasteiger partial charge in [0.25, 0.3) is 0 Å². The van der Waals surface area contributed by atoms with Gasteiger partial charge in [-0.15, -0.1) is 0 Å². The van der Waals surface area contributed by atoms with Crippen molar-refractivity contribution in [3.05, 3.63) is 0 Å². The number of hydrogen-bond acceptors (Lipinski definition) is 3. The molecule has 0 aromatic carbocycles. The van der Waals surface area contributed by atoms with Crippen LogP contribution >= 0.6 is 0 Å². The van der Waals surface area contributed by atoms with Crippen LogP contribution in [0.5, 0.6) is 0 Å². The maximum absolute atomic E-state index is 10.8.